The molecule has 2 heterocycles. The van der Waals surface area contributed by atoms with Gasteiger partial charge in [0, 0.05) is 29.0 Å². The molecule has 0 spiro atoms. The van der Waals surface area contributed by atoms with Crippen molar-refractivity contribution in [2.24, 2.45) is 0 Å². The standard InChI is InChI=1S/C19H21N3O2S/c1-14-4-3-5-18-21-15(13-22(14)18)12-20-19(23)10-11-25-17-8-6-16(24-2)7-9-17/h3-9,13H,10-12H2,1-2H3,(H,20,23). The number of ether oxygens (including phenoxy) is 1. The van der Waals surface area contributed by atoms with E-state index in [1.54, 1.807) is 18.9 Å². The first-order valence-corrected chi connectivity index (χ1v) is 9.11. The van der Waals surface area contributed by atoms with Crippen LogP contribution in [0.3, 0.4) is 0 Å². The Morgan fingerprint density at radius 2 is 2.04 bits per heavy atom. The molecule has 0 fully saturated rings. The fourth-order valence-corrected chi connectivity index (χ4v) is 3.35. The Hall–Kier alpha value is -2.47. The van der Waals surface area contributed by atoms with Crippen molar-refractivity contribution in [3.05, 3.63) is 60.0 Å². The quantitative estimate of drug-likeness (QED) is 0.660. The fraction of sp³-hybridized carbons (Fsp3) is 0.263. The SMILES string of the molecule is COc1ccc(SCCC(=O)NCc2cn3c(C)cccc3n2)cc1. The number of imidazole rings is 1. The Morgan fingerprint density at radius 1 is 1.24 bits per heavy atom. The van der Waals surface area contributed by atoms with Gasteiger partial charge in [-0.1, -0.05) is 6.07 Å². The number of hydrogen-bond donors (Lipinski definition) is 1. The zero-order chi connectivity index (χ0) is 17.6. The minimum Gasteiger partial charge on any atom is -0.497 e. The van der Waals surface area contributed by atoms with E-state index >= 15 is 0 Å². The summed E-state index contributed by atoms with van der Waals surface area (Å²) in [5.41, 5.74) is 2.89. The number of methoxy groups -OCH3 is 1. The molecule has 0 saturated heterocycles. The molecular formula is C19H21N3O2S. The lowest BCUT2D eigenvalue weighted by molar-refractivity contribution is -0.120. The molecule has 1 aromatic carbocycles. The molecule has 0 aliphatic rings. The average Bonchev–Trinajstić information content (AvgIpc) is 3.05. The maximum Gasteiger partial charge on any atom is 0.221 e. The number of aromatic nitrogens is 2. The highest BCUT2D eigenvalue weighted by Gasteiger charge is 2.06. The van der Waals surface area contributed by atoms with Gasteiger partial charge in [-0.15, -0.1) is 11.8 Å². The summed E-state index contributed by atoms with van der Waals surface area (Å²) in [6, 6.07) is 13.8. The van der Waals surface area contributed by atoms with Crippen LogP contribution in [-0.2, 0) is 11.3 Å². The number of rotatable bonds is 7. The molecule has 0 saturated carbocycles. The summed E-state index contributed by atoms with van der Waals surface area (Å²) in [4.78, 5) is 17.7. The summed E-state index contributed by atoms with van der Waals surface area (Å²) in [7, 11) is 1.65. The number of carbonyl (C=O) groups is 1. The minimum atomic E-state index is 0.0368. The molecule has 3 aromatic rings. The second-order valence-corrected chi connectivity index (χ2v) is 6.85. The third-order valence-electron chi connectivity index (χ3n) is 3.87. The Kier molecular flexibility index (Phi) is 5.60. The summed E-state index contributed by atoms with van der Waals surface area (Å²) in [5.74, 6) is 1.61. The third kappa shape index (κ3) is 4.54. The number of aryl methyl sites for hydroxylation is 1. The average molecular weight is 355 g/mol. The van der Waals surface area contributed by atoms with E-state index in [1.807, 2.05) is 60.0 Å². The number of carbonyl (C=O) groups excluding carboxylic acids is 1. The van der Waals surface area contributed by atoms with Gasteiger partial charge in [0.1, 0.15) is 11.4 Å². The van der Waals surface area contributed by atoms with Gasteiger partial charge in [-0.25, -0.2) is 4.98 Å². The number of hydrogen-bond acceptors (Lipinski definition) is 4. The van der Waals surface area contributed by atoms with Crippen molar-refractivity contribution < 1.29 is 9.53 Å². The van der Waals surface area contributed by atoms with Gasteiger partial charge in [0.2, 0.25) is 5.91 Å². The molecule has 25 heavy (non-hydrogen) atoms. The first kappa shape index (κ1) is 17.4. The van der Waals surface area contributed by atoms with Crippen molar-refractivity contribution in [2.75, 3.05) is 12.9 Å². The van der Waals surface area contributed by atoms with Crippen LogP contribution in [0.15, 0.2) is 53.6 Å². The largest absolute Gasteiger partial charge is 0.497 e. The lowest BCUT2D eigenvalue weighted by atomic mass is 10.3. The molecule has 0 atom stereocenters. The van der Waals surface area contributed by atoms with Crippen molar-refractivity contribution in [2.45, 2.75) is 24.8 Å². The lowest BCUT2D eigenvalue weighted by Crippen LogP contribution is -2.23. The van der Waals surface area contributed by atoms with Crippen LogP contribution in [0.2, 0.25) is 0 Å². The normalized spacial score (nSPS) is 10.8. The van der Waals surface area contributed by atoms with Gasteiger partial charge in [0.15, 0.2) is 0 Å². The highest BCUT2D eigenvalue weighted by Crippen LogP contribution is 2.21. The maximum absolute atomic E-state index is 12.0. The van der Waals surface area contributed by atoms with E-state index < -0.39 is 0 Å². The first-order chi connectivity index (χ1) is 12.2. The van der Waals surface area contributed by atoms with E-state index in [-0.39, 0.29) is 5.91 Å². The molecule has 3 rings (SSSR count). The van der Waals surface area contributed by atoms with E-state index in [0.717, 1.165) is 33.4 Å². The summed E-state index contributed by atoms with van der Waals surface area (Å²) >= 11 is 1.66. The number of thioether (sulfide) groups is 1. The van der Waals surface area contributed by atoms with Gasteiger partial charge in [0.05, 0.1) is 19.3 Å². The molecule has 5 nitrogen and oxygen atoms in total. The molecule has 0 aliphatic heterocycles. The molecule has 1 N–H and O–H groups in total. The van der Waals surface area contributed by atoms with Crippen molar-refractivity contribution in [1.29, 1.82) is 0 Å². The molecule has 0 aliphatic carbocycles. The van der Waals surface area contributed by atoms with E-state index in [9.17, 15) is 4.79 Å². The predicted octanol–water partition coefficient (Wildman–Crippen LogP) is 3.45. The number of fused-ring (bicyclic) bond motifs is 1. The smallest absolute Gasteiger partial charge is 0.221 e. The Balaban J connectivity index is 1.44. The van der Waals surface area contributed by atoms with Gasteiger partial charge in [-0.05, 0) is 43.3 Å². The molecule has 0 unspecified atom stereocenters. The third-order valence-corrected chi connectivity index (χ3v) is 4.88. The fourth-order valence-electron chi connectivity index (χ4n) is 2.50. The van der Waals surface area contributed by atoms with Gasteiger partial charge < -0.3 is 14.5 Å². The zero-order valence-corrected chi connectivity index (χ0v) is 15.2. The van der Waals surface area contributed by atoms with Crippen molar-refractivity contribution in [1.82, 2.24) is 14.7 Å². The number of benzene rings is 1. The lowest BCUT2D eigenvalue weighted by Gasteiger charge is -2.04. The topological polar surface area (TPSA) is 55.6 Å². The van der Waals surface area contributed by atoms with Crippen LogP contribution in [0.5, 0.6) is 5.75 Å². The summed E-state index contributed by atoms with van der Waals surface area (Å²) in [5, 5.41) is 2.94. The second-order valence-electron chi connectivity index (χ2n) is 5.68. The number of amides is 1. The molecule has 0 bridgehead atoms. The molecule has 1 amide bonds. The van der Waals surface area contributed by atoms with Crippen LogP contribution in [0.4, 0.5) is 0 Å². The predicted molar refractivity (Wildman–Crippen MR) is 100 cm³/mol. The Labute approximate surface area is 151 Å². The van der Waals surface area contributed by atoms with Crippen LogP contribution in [0.25, 0.3) is 5.65 Å². The van der Waals surface area contributed by atoms with Gasteiger partial charge in [-0.2, -0.15) is 0 Å². The summed E-state index contributed by atoms with van der Waals surface area (Å²) in [6.45, 7) is 2.49. The van der Waals surface area contributed by atoms with E-state index in [0.29, 0.717) is 13.0 Å². The number of pyridine rings is 1. The highest BCUT2D eigenvalue weighted by atomic mass is 32.2. The minimum absolute atomic E-state index is 0.0368. The van der Waals surface area contributed by atoms with Crippen molar-refractivity contribution in [3.63, 3.8) is 0 Å². The zero-order valence-electron chi connectivity index (χ0n) is 14.4. The van der Waals surface area contributed by atoms with E-state index in [2.05, 4.69) is 10.3 Å². The Morgan fingerprint density at radius 3 is 2.76 bits per heavy atom. The number of nitrogens with one attached hydrogen (secondary N) is 1. The number of nitrogens with zero attached hydrogens (tertiary/aromatic N) is 2. The van der Waals surface area contributed by atoms with Crippen LogP contribution in [0, 0.1) is 6.92 Å². The molecule has 6 heteroatoms. The van der Waals surface area contributed by atoms with Crippen LogP contribution < -0.4 is 10.1 Å². The van der Waals surface area contributed by atoms with Crippen LogP contribution >= 0.6 is 11.8 Å². The Bertz CT molecular complexity index is 859. The van der Waals surface area contributed by atoms with Crippen molar-refractivity contribution >= 4 is 23.3 Å². The molecular weight excluding hydrogens is 334 g/mol. The van der Waals surface area contributed by atoms with E-state index in [1.165, 1.54) is 0 Å². The molecule has 2 aromatic heterocycles. The summed E-state index contributed by atoms with van der Waals surface area (Å²) < 4.78 is 7.16. The molecule has 0 radical (unpaired) electrons. The van der Waals surface area contributed by atoms with Crippen LogP contribution in [0.1, 0.15) is 17.8 Å². The highest BCUT2D eigenvalue weighted by molar-refractivity contribution is 7.99. The second kappa shape index (κ2) is 8.07. The van der Waals surface area contributed by atoms with Gasteiger partial charge >= 0.3 is 0 Å². The monoisotopic (exact) mass is 355 g/mol. The van der Waals surface area contributed by atoms with Gasteiger partial charge in [0.25, 0.3) is 0 Å². The summed E-state index contributed by atoms with van der Waals surface area (Å²) in [6.07, 6.45) is 2.44. The maximum atomic E-state index is 12.0. The van der Waals surface area contributed by atoms with Crippen molar-refractivity contribution in [3.8, 4) is 5.75 Å². The van der Waals surface area contributed by atoms with E-state index in [4.69, 9.17) is 4.74 Å². The first-order valence-electron chi connectivity index (χ1n) is 8.13. The van der Waals surface area contributed by atoms with Gasteiger partial charge in [-0.3, -0.25) is 4.79 Å². The van der Waals surface area contributed by atoms with Crippen LogP contribution in [-0.4, -0.2) is 28.2 Å². The molecule has 130 valence electrons.